The molecule has 0 N–H and O–H groups in total. The Morgan fingerprint density at radius 1 is 0.300 bits per heavy atom. The first-order chi connectivity index (χ1) is 19.4. The molecule has 4 aromatic rings. The van der Waals surface area contributed by atoms with E-state index in [2.05, 4.69) is 0 Å². The van der Waals surface area contributed by atoms with Crippen molar-refractivity contribution in [2.75, 3.05) is 0 Å². The molecule has 196 valence electrons. The zero-order chi connectivity index (χ0) is 27.6. The molecule has 0 unspecified atom stereocenters. The molecule has 6 heteroatoms. The lowest BCUT2D eigenvalue weighted by Crippen LogP contribution is -2.04. The van der Waals surface area contributed by atoms with E-state index in [-0.39, 0.29) is 0 Å². The first-order valence-corrected chi connectivity index (χ1v) is 13.9. The molecule has 2 heterocycles. The Bertz CT molecular complexity index is 1470. The molecule has 0 saturated carbocycles. The van der Waals surface area contributed by atoms with Crippen LogP contribution in [-0.4, -0.2) is 0 Å². The lowest BCUT2D eigenvalue weighted by Gasteiger charge is -2.23. The minimum absolute atomic E-state index is 0.655. The van der Waals surface area contributed by atoms with E-state index >= 15 is 0 Å². The van der Waals surface area contributed by atoms with Crippen molar-refractivity contribution in [2.24, 2.45) is 0 Å². The number of hydrogen-bond donors (Lipinski definition) is 0. The summed E-state index contributed by atoms with van der Waals surface area (Å²) in [4.78, 5) is 0. The fourth-order valence-corrected chi connectivity index (χ4v) is 4.87. The van der Waals surface area contributed by atoms with Crippen LogP contribution in [0.15, 0.2) is 133 Å². The van der Waals surface area contributed by atoms with Crippen molar-refractivity contribution in [1.29, 1.82) is 0 Å². The second-order valence-corrected chi connectivity index (χ2v) is 10.9. The van der Waals surface area contributed by atoms with Crippen molar-refractivity contribution in [2.45, 2.75) is 0 Å². The molecule has 0 amide bonds. The van der Waals surface area contributed by atoms with Gasteiger partial charge in [-0.2, -0.15) is 0 Å². The van der Waals surface area contributed by atoms with Crippen LogP contribution in [0.4, 0.5) is 0 Å². The van der Waals surface area contributed by atoms with Gasteiger partial charge in [-0.25, -0.2) is 0 Å². The van der Waals surface area contributed by atoms with E-state index in [1.54, 1.807) is 0 Å². The van der Waals surface area contributed by atoms with Gasteiger partial charge in [-0.15, -0.1) is 0 Å². The van der Waals surface area contributed by atoms with E-state index in [0.29, 0.717) is 43.1 Å². The van der Waals surface area contributed by atoms with Crippen LogP contribution in [0.25, 0.3) is 23.0 Å². The van der Waals surface area contributed by atoms with Crippen molar-refractivity contribution < 1.29 is 9.47 Å². The van der Waals surface area contributed by atoms with Crippen LogP contribution in [0.5, 0.6) is 0 Å². The van der Waals surface area contributed by atoms with Gasteiger partial charge in [0.2, 0.25) is 0 Å². The molecule has 2 nitrogen and oxygen atoms in total. The SMILES string of the molecule is Clc1ccc(C2=CC(=C3C=C(c4ccc(Cl)cc4)OC(c4ccc(Cl)cc4)=C3)C=C(c3ccc(Cl)cc3)O2)cc1. The van der Waals surface area contributed by atoms with Gasteiger partial charge < -0.3 is 9.47 Å². The third kappa shape index (κ3) is 5.91. The largest absolute Gasteiger partial charge is 0.456 e. The highest BCUT2D eigenvalue weighted by Gasteiger charge is 2.21. The summed E-state index contributed by atoms with van der Waals surface area (Å²) in [6, 6.07) is 30.3. The highest BCUT2D eigenvalue weighted by Crippen LogP contribution is 2.38. The van der Waals surface area contributed by atoms with E-state index in [9.17, 15) is 0 Å². The Kier molecular flexibility index (Phi) is 7.60. The standard InChI is InChI=1S/C34H20Cl4O2/c35-27-9-1-21(2-10-27)31-17-25(18-32(39-31)22-3-11-28(36)12-4-22)26-19-33(23-5-13-29(37)14-6-23)40-34(20-26)24-7-15-30(38)16-8-24/h1-20H. The smallest absolute Gasteiger partial charge is 0.135 e. The van der Waals surface area contributed by atoms with E-state index in [4.69, 9.17) is 55.9 Å². The van der Waals surface area contributed by atoms with Crippen LogP contribution in [0.3, 0.4) is 0 Å². The Labute approximate surface area is 252 Å². The maximum Gasteiger partial charge on any atom is 0.135 e. The summed E-state index contributed by atoms with van der Waals surface area (Å²) in [5, 5.41) is 2.62. The van der Waals surface area contributed by atoms with Crippen molar-refractivity contribution in [1.82, 2.24) is 0 Å². The van der Waals surface area contributed by atoms with Crippen LogP contribution < -0.4 is 0 Å². The predicted octanol–water partition coefficient (Wildman–Crippen LogP) is 11.1. The maximum atomic E-state index is 6.41. The van der Waals surface area contributed by atoms with Gasteiger partial charge in [0, 0.05) is 42.3 Å². The van der Waals surface area contributed by atoms with E-state index in [1.165, 1.54) is 0 Å². The Morgan fingerprint density at radius 2 is 0.500 bits per heavy atom. The summed E-state index contributed by atoms with van der Waals surface area (Å²) in [6.07, 6.45) is 8.09. The number of hydrogen-bond acceptors (Lipinski definition) is 2. The molecule has 0 bridgehead atoms. The molecule has 0 fully saturated rings. The molecular formula is C34H20Cl4O2. The molecule has 6 rings (SSSR count). The first kappa shape index (κ1) is 26.6. The minimum Gasteiger partial charge on any atom is -0.456 e. The molecule has 0 saturated heterocycles. The van der Waals surface area contributed by atoms with Gasteiger partial charge in [-0.3, -0.25) is 0 Å². The minimum atomic E-state index is 0.655. The van der Waals surface area contributed by atoms with Gasteiger partial charge in [0.25, 0.3) is 0 Å². The van der Waals surface area contributed by atoms with Gasteiger partial charge in [0.15, 0.2) is 0 Å². The average Bonchev–Trinajstić information content (AvgIpc) is 2.98. The molecule has 2 aliphatic heterocycles. The Hall–Kier alpha value is -3.66. The van der Waals surface area contributed by atoms with Crippen LogP contribution >= 0.6 is 46.4 Å². The highest BCUT2D eigenvalue weighted by molar-refractivity contribution is 6.31. The average molecular weight is 602 g/mol. The number of halogens is 4. The fourth-order valence-electron chi connectivity index (χ4n) is 4.36. The number of benzene rings is 4. The fraction of sp³-hybridized carbons (Fsp3) is 0. The van der Waals surface area contributed by atoms with E-state index in [1.807, 2.05) is 121 Å². The van der Waals surface area contributed by atoms with Crippen LogP contribution in [-0.2, 0) is 9.47 Å². The van der Waals surface area contributed by atoms with Crippen LogP contribution in [0.1, 0.15) is 22.3 Å². The van der Waals surface area contributed by atoms with E-state index in [0.717, 1.165) is 33.4 Å². The topological polar surface area (TPSA) is 18.5 Å². The van der Waals surface area contributed by atoms with E-state index < -0.39 is 0 Å². The molecule has 0 radical (unpaired) electrons. The highest BCUT2D eigenvalue weighted by atomic mass is 35.5. The van der Waals surface area contributed by atoms with Gasteiger partial charge in [0.05, 0.1) is 0 Å². The first-order valence-electron chi connectivity index (χ1n) is 12.4. The summed E-state index contributed by atoms with van der Waals surface area (Å²) >= 11 is 24.7. The lowest BCUT2D eigenvalue weighted by atomic mass is 9.96. The van der Waals surface area contributed by atoms with Gasteiger partial charge >= 0.3 is 0 Å². The number of allylic oxidation sites excluding steroid dienone is 6. The third-order valence-electron chi connectivity index (χ3n) is 6.43. The molecule has 0 aromatic heterocycles. The zero-order valence-corrected chi connectivity index (χ0v) is 23.9. The summed E-state index contributed by atoms with van der Waals surface area (Å²) in [6.45, 7) is 0. The summed E-state index contributed by atoms with van der Waals surface area (Å²) in [5.74, 6) is 2.78. The van der Waals surface area contributed by atoms with Crippen molar-refractivity contribution in [3.63, 3.8) is 0 Å². The normalized spacial score (nSPS) is 14.9. The van der Waals surface area contributed by atoms with Crippen LogP contribution in [0, 0.1) is 0 Å². The summed E-state index contributed by atoms with van der Waals surface area (Å²) < 4.78 is 12.8. The molecule has 0 aliphatic carbocycles. The maximum absolute atomic E-state index is 6.41. The molecule has 2 aliphatic rings. The predicted molar refractivity (Wildman–Crippen MR) is 167 cm³/mol. The van der Waals surface area contributed by atoms with Gasteiger partial charge in [-0.1, -0.05) is 46.4 Å². The summed E-state index contributed by atoms with van der Waals surface area (Å²) in [5.41, 5.74) is 5.50. The van der Waals surface area contributed by atoms with Gasteiger partial charge in [0.1, 0.15) is 23.0 Å². The second-order valence-electron chi connectivity index (χ2n) is 9.18. The monoisotopic (exact) mass is 600 g/mol. The summed E-state index contributed by atoms with van der Waals surface area (Å²) in [7, 11) is 0. The zero-order valence-electron chi connectivity index (χ0n) is 20.9. The van der Waals surface area contributed by atoms with Crippen molar-refractivity contribution in [3.8, 4) is 0 Å². The Morgan fingerprint density at radius 3 is 0.700 bits per heavy atom. The quantitative estimate of drug-likeness (QED) is 0.231. The molecule has 40 heavy (non-hydrogen) atoms. The lowest BCUT2D eigenvalue weighted by molar-refractivity contribution is 0.464. The van der Waals surface area contributed by atoms with Crippen molar-refractivity contribution in [3.05, 3.63) is 175 Å². The molecule has 4 aromatic carbocycles. The number of rotatable bonds is 4. The second kappa shape index (κ2) is 11.4. The van der Waals surface area contributed by atoms with Gasteiger partial charge in [-0.05, 0) is 133 Å². The van der Waals surface area contributed by atoms with Crippen molar-refractivity contribution >= 4 is 69.4 Å². The Balaban J connectivity index is 1.54. The molecule has 0 atom stereocenters. The third-order valence-corrected chi connectivity index (χ3v) is 7.44. The molecule has 0 spiro atoms. The molecular weight excluding hydrogens is 582 g/mol. The van der Waals surface area contributed by atoms with Crippen LogP contribution in [0.2, 0.25) is 20.1 Å². The number of ether oxygens (including phenoxy) is 2.